The third kappa shape index (κ3) is 2.64. The number of carbonyl (C=O) groups is 2. The molecule has 23 heavy (non-hydrogen) atoms. The number of likely N-dealkylation sites (N-methyl/N-ethyl adjacent to an activating group) is 1. The Morgan fingerprint density at radius 3 is 2.52 bits per heavy atom. The molecule has 0 N–H and O–H groups in total. The highest BCUT2D eigenvalue weighted by Crippen LogP contribution is 2.45. The summed E-state index contributed by atoms with van der Waals surface area (Å²) in [4.78, 5) is 29.3. The molecule has 0 saturated carbocycles. The van der Waals surface area contributed by atoms with Crippen molar-refractivity contribution in [3.8, 4) is 0 Å². The lowest BCUT2D eigenvalue weighted by molar-refractivity contribution is -0.122. The molecule has 0 aromatic heterocycles. The van der Waals surface area contributed by atoms with Crippen molar-refractivity contribution in [2.24, 2.45) is 0 Å². The van der Waals surface area contributed by atoms with Crippen LogP contribution in [0.3, 0.4) is 0 Å². The molecule has 0 aliphatic carbocycles. The molecule has 0 radical (unpaired) electrons. The number of hydrogen-bond donors (Lipinski definition) is 0. The second-order valence-corrected chi connectivity index (χ2v) is 7.80. The van der Waals surface area contributed by atoms with Gasteiger partial charge < -0.3 is 4.90 Å². The van der Waals surface area contributed by atoms with E-state index >= 15 is 0 Å². The predicted octanol–water partition coefficient (Wildman–Crippen LogP) is 3.80. The highest BCUT2D eigenvalue weighted by molar-refractivity contribution is 9.10. The average Bonchev–Trinajstić information content (AvgIpc) is 2.93. The van der Waals surface area contributed by atoms with Crippen molar-refractivity contribution in [2.45, 2.75) is 20.3 Å². The van der Waals surface area contributed by atoms with Crippen LogP contribution in [0.25, 0.3) is 5.57 Å². The van der Waals surface area contributed by atoms with Crippen molar-refractivity contribution >= 4 is 67.3 Å². The third-order valence-corrected chi connectivity index (χ3v) is 5.76. The van der Waals surface area contributed by atoms with E-state index in [1.165, 1.54) is 16.7 Å². The van der Waals surface area contributed by atoms with Crippen LogP contribution in [-0.2, 0) is 9.59 Å². The maximum atomic E-state index is 12.9. The van der Waals surface area contributed by atoms with Gasteiger partial charge >= 0.3 is 0 Å². The summed E-state index contributed by atoms with van der Waals surface area (Å²) in [6, 6.07) is 5.73. The van der Waals surface area contributed by atoms with Crippen LogP contribution in [0.5, 0.6) is 0 Å². The molecule has 1 saturated heterocycles. The van der Waals surface area contributed by atoms with Crippen LogP contribution >= 0.6 is 39.9 Å². The number of amides is 2. The van der Waals surface area contributed by atoms with Crippen LogP contribution in [-0.4, -0.2) is 34.1 Å². The molecule has 1 fully saturated rings. The zero-order valence-electron chi connectivity index (χ0n) is 12.8. The first-order valence-electron chi connectivity index (χ1n) is 7.39. The number of thiocarbonyl (C=S) groups is 1. The Bertz CT molecular complexity index is 760. The van der Waals surface area contributed by atoms with Gasteiger partial charge in [-0.3, -0.25) is 14.5 Å². The second kappa shape index (κ2) is 6.37. The van der Waals surface area contributed by atoms with Crippen molar-refractivity contribution < 1.29 is 9.59 Å². The molecule has 7 heteroatoms. The fourth-order valence-electron chi connectivity index (χ4n) is 2.79. The number of nitrogens with zero attached hydrogens (tertiary/aromatic N) is 2. The minimum absolute atomic E-state index is 0.114. The Morgan fingerprint density at radius 1 is 1.17 bits per heavy atom. The van der Waals surface area contributed by atoms with Crippen LogP contribution in [0.15, 0.2) is 27.6 Å². The Hall–Kier alpha value is -1.18. The summed E-state index contributed by atoms with van der Waals surface area (Å²) >= 11 is 9.95. The monoisotopic (exact) mass is 410 g/mol. The summed E-state index contributed by atoms with van der Waals surface area (Å²) < 4.78 is 1.39. The molecule has 1 aromatic rings. The van der Waals surface area contributed by atoms with E-state index in [1.54, 1.807) is 4.90 Å². The Labute approximate surface area is 153 Å². The molecule has 2 amide bonds. The maximum Gasteiger partial charge on any atom is 0.266 e. The number of fused-ring (bicyclic) bond motifs is 1. The molecular formula is C16H15BrN2O2S2. The van der Waals surface area contributed by atoms with Crippen molar-refractivity contribution in [3.05, 3.63) is 33.1 Å². The van der Waals surface area contributed by atoms with Crippen LogP contribution in [0.4, 0.5) is 5.69 Å². The average molecular weight is 411 g/mol. The van der Waals surface area contributed by atoms with Gasteiger partial charge in [0.05, 0.1) is 16.2 Å². The van der Waals surface area contributed by atoms with E-state index in [1.807, 2.05) is 32.0 Å². The van der Waals surface area contributed by atoms with E-state index in [9.17, 15) is 9.59 Å². The van der Waals surface area contributed by atoms with E-state index in [4.69, 9.17) is 12.2 Å². The van der Waals surface area contributed by atoms with Gasteiger partial charge in [-0.15, -0.1) is 0 Å². The highest BCUT2D eigenvalue weighted by Gasteiger charge is 2.41. The lowest BCUT2D eigenvalue weighted by Gasteiger charge is -2.15. The van der Waals surface area contributed by atoms with Gasteiger partial charge in [-0.25, -0.2) is 0 Å². The number of anilines is 1. The summed E-state index contributed by atoms with van der Waals surface area (Å²) in [5, 5.41) is 0. The van der Waals surface area contributed by atoms with Crippen molar-refractivity contribution in [3.63, 3.8) is 0 Å². The first-order valence-corrected chi connectivity index (χ1v) is 9.41. The molecule has 0 unspecified atom stereocenters. The summed E-state index contributed by atoms with van der Waals surface area (Å²) in [7, 11) is 0. The van der Waals surface area contributed by atoms with Gasteiger partial charge in [-0.2, -0.15) is 0 Å². The quantitative estimate of drug-likeness (QED) is 0.561. The lowest BCUT2D eigenvalue weighted by atomic mass is 10.1. The minimum Gasteiger partial charge on any atom is -0.308 e. The number of thioether (sulfide) groups is 1. The normalized spacial score (nSPS) is 20.7. The van der Waals surface area contributed by atoms with Gasteiger partial charge in [0.15, 0.2) is 0 Å². The lowest BCUT2D eigenvalue weighted by Crippen LogP contribution is -2.29. The number of benzene rings is 1. The second-order valence-electron chi connectivity index (χ2n) is 5.24. The Balaban J connectivity index is 2.19. The number of carbonyl (C=O) groups excluding carboxylic acids is 2. The highest BCUT2D eigenvalue weighted by atomic mass is 79.9. The summed E-state index contributed by atoms with van der Waals surface area (Å²) in [5.74, 6) is -0.285. The largest absolute Gasteiger partial charge is 0.308 e. The van der Waals surface area contributed by atoms with Gasteiger partial charge in [0, 0.05) is 23.1 Å². The number of halogens is 1. The van der Waals surface area contributed by atoms with Gasteiger partial charge in [0.2, 0.25) is 0 Å². The SMILES string of the molecule is CCCN1C(=O)C(=C2SC(=S)N(CC)C2=O)c2cc(Br)ccc21. The predicted molar refractivity (Wildman–Crippen MR) is 101 cm³/mol. The number of hydrogen-bond acceptors (Lipinski definition) is 4. The zero-order valence-corrected chi connectivity index (χ0v) is 16.0. The summed E-state index contributed by atoms with van der Waals surface area (Å²) in [6.45, 7) is 5.05. The van der Waals surface area contributed by atoms with Crippen LogP contribution in [0.1, 0.15) is 25.8 Å². The smallest absolute Gasteiger partial charge is 0.266 e. The molecule has 3 rings (SSSR count). The molecule has 0 bridgehead atoms. The van der Waals surface area contributed by atoms with E-state index < -0.39 is 0 Å². The van der Waals surface area contributed by atoms with Gasteiger partial charge in [-0.1, -0.05) is 46.8 Å². The first kappa shape index (κ1) is 16.7. The van der Waals surface area contributed by atoms with Crippen LogP contribution in [0.2, 0.25) is 0 Å². The van der Waals surface area contributed by atoms with E-state index in [2.05, 4.69) is 15.9 Å². The molecule has 4 nitrogen and oxygen atoms in total. The first-order chi connectivity index (χ1) is 11.0. The van der Waals surface area contributed by atoms with E-state index in [0.29, 0.717) is 27.9 Å². The van der Waals surface area contributed by atoms with E-state index in [-0.39, 0.29) is 11.8 Å². The Kier molecular flexibility index (Phi) is 4.62. The molecule has 1 aromatic carbocycles. The topological polar surface area (TPSA) is 40.6 Å². The summed E-state index contributed by atoms with van der Waals surface area (Å²) in [5.41, 5.74) is 2.13. The molecule has 120 valence electrons. The molecule has 0 atom stereocenters. The molecular weight excluding hydrogens is 396 g/mol. The van der Waals surface area contributed by atoms with Crippen molar-refractivity contribution in [1.82, 2.24) is 4.90 Å². The maximum absolute atomic E-state index is 12.9. The van der Waals surface area contributed by atoms with Gasteiger partial charge in [0.1, 0.15) is 4.32 Å². The van der Waals surface area contributed by atoms with E-state index in [0.717, 1.165) is 22.1 Å². The fourth-order valence-corrected chi connectivity index (χ4v) is 4.61. The van der Waals surface area contributed by atoms with Crippen molar-refractivity contribution in [1.29, 1.82) is 0 Å². The standard InChI is InChI=1S/C16H15BrN2O2S2/c1-3-7-19-11-6-5-9(17)8-10(11)12(14(19)20)13-15(21)18(4-2)16(22)23-13/h5-6,8H,3-4,7H2,1-2H3. The number of rotatable bonds is 3. The molecule has 2 aliphatic rings. The van der Waals surface area contributed by atoms with Crippen LogP contribution in [0, 0.1) is 0 Å². The Morgan fingerprint density at radius 2 is 1.91 bits per heavy atom. The van der Waals surface area contributed by atoms with Gasteiger partial charge in [-0.05, 0) is 31.5 Å². The minimum atomic E-state index is -0.171. The van der Waals surface area contributed by atoms with Crippen molar-refractivity contribution in [2.75, 3.05) is 18.0 Å². The zero-order chi connectivity index (χ0) is 16.7. The van der Waals surface area contributed by atoms with Gasteiger partial charge in [0.25, 0.3) is 11.8 Å². The molecule has 2 heterocycles. The summed E-state index contributed by atoms with van der Waals surface area (Å²) in [6.07, 6.45) is 0.852. The molecule has 0 spiro atoms. The third-order valence-electron chi connectivity index (χ3n) is 3.82. The molecule has 2 aliphatic heterocycles. The van der Waals surface area contributed by atoms with Crippen LogP contribution < -0.4 is 4.90 Å². The fraction of sp³-hybridized carbons (Fsp3) is 0.312.